The number of fused-ring (bicyclic) bond motifs is 1. The SMILES string of the molecule is CCN(Cc1cccc(Cl)c1)C(=O)CCc1c(C)nc2nc(C(F)(F)F)nn2c1C. The molecule has 1 aromatic carbocycles. The maximum Gasteiger partial charge on any atom is 0.453 e. The molecule has 2 heterocycles. The lowest BCUT2D eigenvalue weighted by Crippen LogP contribution is -2.30. The molecule has 0 spiro atoms. The molecule has 0 fully saturated rings. The Morgan fingerprint density at radius 3 is 2.60 bits per heavy atom. The zero-order valence-electron chi connectivity index (χ0n) is 16.8. The first-order valence-electron chi connectivity index (χ1n) is 9.42. The quantitative estimate of drug-likeness (QED) is 0.571. The first-order valence-corrected chi connectivity index (χ1v) is 9.80. The molecule has 1 amide bonds. The van der Waals surface area contributed by atoms with E-state index < -0.39 is 12.0 Å². The van der Waals surface area contributed by atoms with E-state index in [1.54, 1.807) is 24.8 Å². The van der Waals surface area contributed by atoms with Gasteiger partial charge in [0.25, 0.3) is 11.6 Å². The average molecular weight is 440 g/mol. The van der Waals surface area contributed by atoms with Crippen molar-refractivity contribution in [2.24, 2.45) is 0 Å². The van der Waals surface area contributed by atoms with Gasteiger partial charge in [-0.1, -0.05) is 23.7 Å². The second-order valence-electron chi connectivity index (χ2n) is 6.94. The molecule has 3 rings (SSSR count). The van der Waals surface area contributed by atoms with Crippen LogP contribution in [0.1, 0.15) is 41.7 Å². The normalized spacial score (nSPS) is 11.8. The van der Waals surface area contributed by atoms with Crippen molar-refractivity contribution in [3.05, 3.63) is 57.6 Å². The summed E-state index contributed by atoms with van der Waals surface area (Å²) in [6, 6.07) is 7.31. The van der Waals surface area contributed by atoms with Gasteiger partial charge in [-0.3, -0.25) is 4.79 Å². The third-order valence-electron chi connectivity index (χ3n) is 4.89. The van der Waals surface area contributed by atoms with Crippen LogP contribution in [0.3, 0.4) is 0 Å². The summed E-state index contributed by atoms with van der Waals surface area (Å²) >= 11 is 6.01. The highest BCUT2D eigenvalue weighted by atomic mass is 35.5. The van der Waals surface area contributed by atoms with Gasteiger partial charge in [0, 0.05) is 35.9 Å². The molecule has 30 heavy (non-hydrogen) atoms. The second-order valence-corrected chi connectivity index (χ2v) is 7.38. The summed E-state index contributed by atoms with van der Waals surface area (Å²) in [5.41, 5.74) is 2.64. The van der Waals surface area contributed by atoms with Crippen LogP contribution in [0.15, 0.2) is 24.3 Å². The molecule has 2 aromatic heterocycles. The van der Waals surface area contributed by atoms with Crippen LogP contribution in [-0.4, -0.2) is 36.9 Å². The van der Waals surface area contributed by atoms with Gasteiger partial charge in [-0.15, -0.1) is 5.10 Å². The molecular formula is C20H21ClF3N5O. The zero-order valence-corrected chi connectivity index (χ0v) is 17.5. The van der Waals surface area contributed by atoms with E-state index in [1.165, 1.54) is 0 Å². The fourth-order valence-electron chi connectivity index (χ4n) is 3.31. The van der Waals surface area contributed by atoms with Crippen LogP contribution < -0.4 is 0 Å². The Labute approximate surface area is 176 Å². The van der Waals surface area contributed by atoms with Gasteiger partial charge in [0.2, 0.25) is 5.91 Å². The van der Waals surface area contributed by atoms with E-state index >= 15 is 0 Å². The Morgan fingerprint density at radius 1 is 1.23 bits per heavy atom. The molecule has 0 aliphatic carbocycles. The van der Waals surface area contributed by atoms with Crippen LogP contribution in [-0.2, 0) is 23.9 Å². The van der Waals surface area contributed by atoms with Crippen LogP contribution >= 0.6 is 11.6 Å². The number of benzene rings is 1. The van der Waals surface area contributed by atoms with Gasteiger partial charge in [0.05, 0.1) is 0 Å². The molecule has 6 nitrogen and oxygen atoms in total. The highest BCUT2D eigenvalue weighted by molar-refractivity contribution is 6.30. The topological polar surface area (TPSA) is 63.4 Å². The molecule has 0 aliphatic rings. The zero-order chi connectivity index (χ0) is 22.1. The fourth-order valence-corrected chi connectivity index (χ4v) is 3.53. The van der Waals surface area contributed by atoms with E-state index in [-0.39, 0.29) is 18.1 Å². The third-order valence-corrected chi connectivity index (χ3v) is 5.12. The number of amides is 1. The summed E-state index contributed by atoms with van der Waals surface area (Å²) < 4.78 is 39.8. The minimum absolute atomic E-state index is 0.0639. The Bertz CT molecular complexity index is 1080. The van der Waals surface area contributed by atoms with Gasteiger partial charge in [0.1, 0.15) is 0 Å². The summed E-state index contributed by atoms with van der Waals surface area (Å²) in [5, 5.41) is 4.14. The van der Waals surface area contributed by atoms with Crippen molar-refractivity contribution in [2.45, 2.75) is 46.3 Å². The summed E-state index contributed by atoms with van der Waals surface area (Å²) in [7, 11) is 0. The van der Waals surface area contributed by atoms with Crippen molar-refractivity contribution in [2.75, 3.05) is 6.54 Å². The van der Waals surface area contributed by atoms with E-state index in [0.717, 1.165) is 10.1 Å². The second kappa shape index (κ2) is 8.59. The molecule has 3 aromatic rings. The number of hydrogen-bond acceptors (Lipinski definition) is 4. The number of nitrogens with zero attached hydrogens (tertiary/aromatic N) is 5. The number of rotatable bonds is 6. The van der Waals surface area contributed by atoms with E-state index in [9.17, 15) is 18.0 Å². The number of hydrogen-bond donors (Lipinski definition) is 0. The van der Waals surface area contributed by atoms with Crippen molar-refractivity contribution in [1.29, 1.82) is 0 Å². The molecule has 0 aliphatic heterocycles. The van der Waals surface area contributed by atoms with E-state index in [2.05, 4.69) is 15.1 Å². The molecule has 0 saturated heterocycles. The Kier molecular flexibility index (Phi) is 6.30. The van der Waals surface area contributed by atoms with Gasteiger partial charge in [-0.2, -0.15) is 18.2 Å². The van der Waals surface area contributed by atoms with Crippen molar-refractivity contribution in [1.82, 2.24) is 24.5 Å². The largest absolute Gasteiger partial charge is 0.453 e. The standard InChI is InChI=1S/C20H21ClF3N5O/c1-4-28(11-14-6-5-7-15(21)10-14)17(30)9-8-16-12(2)25-19-26-18(20(22,23)24)27-29(19)13(16)3/h5-7,10H,4,8-9,11H2,1-3H3. The first kappa shape index (κ1) is 22.0. The van der Waals surface area contributed by atoms with Crippen LogP contribution in [0, 0.1) is 13.8 Å². The van der Waals surface area contributed by atoms with Crippen LogP contribution in [0.5, 0.6) is 0 Å². The smallest absolute Gasteiger partial charge is 0.339 e. The number of alkyl halides is 3. The third kappa shape index (κ3) is 4.72. The van der Waals surface area contributed by atoms with Crippen LogP contribution in [0.4, 0.5) is 13.2 Å². The Balaban J connectivity index is 1.77. The molecule has 0 unspecified atom stereocenters. The molecule has 0 atom stereocenters. The maximum absolute atomic E-state index is 12.9. The summed E-state index contributed by atoms with van der Waals surface area (Å²) in [5.74, 6) is -1.40. The van der Waals surface area contributed by atoms with Crippen molar-refractivity contribution < 1.29 is 18.0 Å². The van der Waals surface area contributed by atoms with Gasteiger partial charge in [-0.25, -0.2) is 9.50 Å². The first-order chi connectivity index (χ1) is 14.1. The number of carbonyl (C=O) groups excluding carboxylic acids is 1. The minimum Gasteiger partial charge on any atom is -0.339 e. The lowest BCUT2D eigenvalue weighted by atomic mass is 10.1. The Morgan fingerprint density at radius 2 is 1.97 bits per heavy atom. The monoisotopic (exact) mass is 439 g/mol. The molecule has 10 heteroatoms. The van der Waals surface area contributed by atoms with Gasteiger partial charge in [0.15, 0.2) is 0 Å². The van der Waals surface area contributed by atoms with Gasteiger partial charge >= 0.3 is 6.18 Å². The van der Waals surface area contributed by atoms with E-state index in [4.69, 9.17) is 11.6 Å². The molecular weight excluding hydrogens is 419 g/mol. The predicted octanol–water partition coefficient (Wildman–Crippen LogP) is 4.39. The lowest BCUT2D eigenvalue weighted by molar-refractivity contribution is -0.144. The summed E-state index contributed by atoms with van der Waals surface area (Å²) in [6.45, 7) is 6.20. The minimum atomic E-state index is -4.65. The van der Waals surface area contributed by atoms with Gasteiger partial charge in [-0.05, 0) is 50.5 Å². The number of carbonyl (C=O) groups is 1. The van der Waals surface area contributed by atoms with Gasteiger partial charge < -0.3 is 4.90 Å². The van der Waals surface area contributed by atoms with Crippen molar-refractivity contribution >= 4 is 23.3 Å². The molecule has 0 radical (unpaired) electrons. The fraction of sp³-hybridized carbons (Fsp3) is 0.400. The highest BCUT2D eigenvalue weighted by Crippen LogP contribution is 2.27. The highest BCUT2D eigenvalue weighted by Gasteiger charge is 2.37. The van der Waals surface area contributed by atoms with Crippen LogP contribution in [0.25, 0.3) is 5.78 Å². The van der Waals surface area contributed by atoms with Crippen molar-refractivity contribution in [3.63, 3.8) is 0 Å². The average Bonchev–Trinajstić information content (AvgIpc) is 3.10. The summed E-state index contributed by atoms with van der Waals surface area (Å²) in [6.07, 6.45) is -4.11. The summed E-state index contributed by atoms with van der Waals surface area (Å²) in [4.78, 5) is 22.1. The molecule has 0 saturated carbocycles. The number of aryl methyl sites for hydroxylation is 2. The van der Waals surface area contributed by atoms with E-state index in [0.29, 0.717) is 41.5 Å². The van der Waals surface area contributed by atoms with Crippen LogP contribution in [0.2, 0.25) is 5.02 Å². The molecule has 0 N–H and O–H groups in total. The lowest BCUT2D eigenvalue weighted by Gasteiger charge is -2.21. The predicted molar refractivity (Wildman–Crippen MR) is 106 cm³/mol. The number of aromatic nitrogens is 4. The maximum atomic E-state index is 12.9. The Hall–Kier alpha value is -2.68. The van der Waals surface area contributed by atoms with Crippen molar-refractivity contribution in [3.8, 4) is 0 Å². The van der Waals surface area contributed by atoms with E-state index in [1.807, 2.05) is 25.1 Å². The number of halogens is 4. The molecule has 160 valence electrons. The molecule has 0 bridgehead atoms.